The topological polar surface area (TPSA) is 105 Å². The van der Waals surface area contributed by atoms with Gasteiger partial charge in [0.05, 0.1) is 0 Å². The molecule has 1 aromatic carbocycles. The number of carbonyl (C=O) groups excluding carboxylic acids is 4. The van der Waals surface area contributed by atoms with Gasteiger partial charge in [0, 0.05) is 10.7 Å². The summed E-state index contributed by atoms with van der Waals surface area (Å²) in [5.74, 6) is -1.82. The first-order chi connectivity index (χ1) is 13.7. The second-order valence-electron chi connectivity index (χ2n) is 7.04. The third-order valence-corrected chi connectivity index (χ3v) is 4.89. The first kappa shape index (κ1) is 22.7. The van der Waals surface area contributed by atoms with E-state index in [-0.39, 0.29) is 0 Å². The molecule has 1 heterocycles. The van der Waals surface area contributed by atoms with Gasteiger partial charge >= 0.3 is 12.0 Å². The largest absolute Gasteiger partial charge is 0.451 e. The summed E-state index contributed by atoms with van der Waals surface area (Å²) in [6.07, 6.45) is 1.30. The van der Waals surface area contributed by atoms with Gasteiger partial charge in [-0.3, -0.25) is 19.3 Å². The van der Waals surface area contributed by atoms with Gasteiger partial charge in [-0.1, -0.05) is 44.4 Å². The van der Waals surface area contributed by atoms with Crippen LogP contribution in [0.5, 0.6) is 0 Å². The number of urea groups is 1. The minimum Gasteiger partial charge on any atom is -0.451 e. The second-order valence-corrected chi connectivity index (χ2v) is 7.47. The average molecular weight is 424 g/mol. The van der Waals surface area contributed by atoms with Gasteiger partial charge in [0.15, 0.2) is 6.10 Å². The molecule has 0 saturated carbocycles. The van der Waals surface area contributed by atoms with E-state index in [9.17, 15) is 19.2 Å². The zero-order valence-electron chi connectivity index (χ0n) is 16.8. The lowest BCUT2D eigenvalue weighted by Gasteiger charge is -2.25. The van der Waals surface area contributed by atoms with Crippen LogP contribution < -0.4 is 10.6 Å². The van der Waals surface area contributed by atoms with E-state index >= 15 is 0 Å². The Kier molecular flexibility index (Phi) is 7.61. The van der Waals surface area contributed by atoms with E-state index in [4.69, 9.17) is 16.3 Å². The van der Waals surface area contributed by atoms with Gasteiger partial charge < -0.3 is 15.4 Å². The highest BCUT2D eigenvalue weighted by Gasteiger charge is 2.50. The molecule has 9 heteroatoms. The fourth-order valence-corrected chi connectivity index (χ4v) is 3.55. The highest BCUT2D eigenvalue weighted by atomic mass is 35.5. The Labute approximate surface area is 174 Å². The van der Waals surface area contributed by atoms with Crippen LogP contribution in [0.1, 0.15) is 46.5 Å². The fraction of sp³-hybridized carbons (Fsp3) is 0.500. The lowest BCUT2D eigenvalue weighted by molar-refractivity contribution is -0.155. The summed E-state index contributed by atoms with van der Waals surface area (Å²) in [6, 6.07) is 5.92. The smallest absolute Gasteiger partial charge is 0.327 e. The van der Waals surface area contributed by atoms with Crippen molar-refractivity contribution >= 4 is 41.1 Å². The molecule has 8 nitrogen and oxygen atoms in total. The summed E-state index contributed by atoms with van der Waals surface area (Å²) in [5.41, 5.74) is -0.514. The summed E-state index contributed by atoms with van der Waals surface area (Å²) in [4.78, 5) is 50.4. The molecule has 0 unspecified atom stereocenters. The number of hydrogen-bond acceptors (Lipinski definition) is 5. The number of rotatable bonds is 9. The summed E-state index contributed by atoms with van der Waals surface area (Å²) in [5, 5.41) is 5.76. The molecule has 1 aliphatic rings. The monoisotopic (exact) mass is 423 g/mol. The molecule has 1 aromatic rings. The maximum atomic E-state index is 12.8. The maximum absolute atomic E-state index is 12.8. The van der Waals surface area contributed by atoms with Crippen LogP contribution in [0.3, 0.4) is 0 Å². The molecule has 2 rings (SSSR count). The van der Waals surface area contributed by atoms with E-state index in [0.717, 1.165) is 4.90 Å². The van der Waals surface area contributed by atoms with Gasteiger partial charge in [-0.15, -0.1) is 0 Å². The van der Waals surface area contributed by atoms with E-state index in [2.05, 4.69) is 10.6 Å². The predicted octanol–water partition coefficient (Wildman–Crippen LogP) is 3.10. The number of halogens is 1. The minimum atomic E-state index is -1.11. The number of anilines is 1. The average Bonchev–Trinajstić information content (AvgIpc) is 2.86. The third-order valence-electron chi connectivity index (χ3n) is 4.66. The summed E-state index contributed by atoms with van der Waals surface area (Å²) < 4.78 is 5.10. The lowest BCUT2D eigenvalue weighted by atomic mass is 9.88. The van der Waals surface area contributed by atoms with Crippen LogP contribution in [0.25, 0.3) is 0 Å². The summed E-state index contributed by atoms with van der Waals surface area (Å²) in [7, 11) is 0. The van der Waals surface area contributed by atoms with E-state index < -0.39 is 42.0 Å². The molecule has 0 aromatic heterocycles. The number of hydrogen-bond donors (Lipinski definition) is 2. The molecule has 158 valence electrons. The van der Waals surface area contributed by atoms with Gasteiger partial charge in [-0.25, -0.2) is 4.79 Å². The Morgan fingerprint density at radius 1 is 1.24 bits per heavy atom. The Balaban J connectivity index is 1.96. The first-order valence-corrected chi connectivity index (χ1v) is 10.00. The second kappa shape index (κ2) is 9.73. The Morgan fingerprint density at radius 3 is 2.48 bits per heavy atom. The van der Waals surface area contributed by atoms with Crippen LogP contribution in [0.15, 0.2) is 24.3 Å². The first-order valence-electron chi connectivity index (χ1n) is 9.62. The van der Waals surface area contributed by atoms with Crippen molar-refractivity contribution in [3.05, 3.63) is 29.3 Å². The molecular weight excluding hydrogens is 398 g/mol. The molecule has 1 saturated heterocycles. The number of benzene rings is 1. The minimum absolute atomic E-state index is 0.431. The van der Waals surface area contributed by atoms with Gasteiger partial charge in [-0.2, -0.15) is 0 Å². The van der Waals surface area contributed by atoms with Crippen molar-refractivity contribution in [2.24, 2.45) is 0 Å². The van der Waals surface area contributed by atoms with Gasteiger partial charge in [0.25, 0.3) is 11.8 Å². The van der Waals surface area contributed by atoms with Crippen molar-refractivity contribution in [2.75, 3.05) is 11.9 Å². The zero-order chi connectivity index (χ0) is 21.6. The quantitative estimate of drug-likeness (QED) is 0.469. The maximum Gasteiger partial charge on any atom is 0.327 e. The number of amides is 4. The summed E-state index contributed by atoms with van der Waals surface area (Å²) in [6.45, 7) is 4.71. The number of carbonyl (C=O) groups is 4. The number of nitrogens with zero attached hydrogens (tertiary/aromatic N) is 1. The molecule has 0 radical (unpaired) electrons. The highest BCUT2D eigenvalue weighted by molar-refractivity contribution is 6.30. The zero-order valence-corrected chi connectivity index (χ0v) is 17.5. The highest BCUT2D eigenvalue weighted by Crippen LogP contribution is 2.28. The van der Waals surface area contributed by atoms with Crippen molar-refractivity contribution in [1.29, 1.82) is 0 Å². The van der Waals surface area contributed by atoms with Crippen LogP contribution in [-0.4, -0.2) is 46.9 Å². The SMILES string of the molecule is CCCC1(CCC)NC(=O)N(CC(=O)O[C@H](C)C(=O)Nc2cccc(Cl)c2)C1=O. The molecule has 4 amide bonds. The van der Waals surface area contributed by atoms with Crippen molar-refractivity contribution in [3.8, 4) is 0 Å². The molecule has 0 spiro atoms. The Morgan fingerprint density at radius 2 is 1.90 bits per heavy atom. The number of esters is 1. The van der Waals surface area contributed by atoms with Crippen LogP contribution in [0, 0.1) is 0 Å². The van der Waals surface area contributed by atoms with Crippen molar-refractivity contribution in [1.82, 2.24) is 10.2 Å². The normalized spacial score (nSPS) is 16.3. The van der Waals surface area contributed by atoms with Crippen molar-refractivity contribution in [3.63, 3.8) is 0 Å². The molecule has 1 fully saturated rings. The van der Waals surface area contributed by atoms with Crippen LogP contribution in [0.2, 0.25) is 5.02 Å². The van der Waals surface area contributed by atoms with E-state index in [1.54, 1.807) is 24.3 Å². The van der Waals surface area contributed by atoms with E-state index in [0.29, 0.717) is 36.4 Å². The molecule has 0 aliphatic carbocycles. The van der Waals surface area contributed by atoms with Crippen molar-refractivity contribution < 1.29 is 23.9 Å². The van der Waals surface area contributed by atoms with Crippen LogP contribution >= 0.6 is 11.6 Å². The standard InChI is InChI=1S/C20H26ClN3O5/c1-4-9-20(10-5-2)18(27)24(19(28)23-20)12-16(25)29-13(3)17(26)22-15-8-6-7-14(21)11-15/h6-8,11,13H,4-5,9-10,12H2,1-3H3,(H,22,26)(H,23,28)/t13-/m1/s1. The summed E-state index contributed by atoms with van der Waals surface area (Å²) >= 11 is 5.87. The van der Waals surface area contributed by atoms with Crippen molar-refractivity contribution in [2.45, 2.75) is 58.1 Å². The molecular formula is C20H26ClN3O5. The van der Waals surface area contributed by atoms with Gasteiger partial charge in [0.2, 0.25) is 0 Å². The molecule has 2 N–H and O–H groups in total. The number of imide groups is 1. The molecule has 29 heavy (non-hydrogen) atoms. The molecule has 1 atom stereocenters. The van der Waals surface area contributed by atoms with Crippen LogP contribution in [-0.2, 0) is 19.1 Å². The van der Waals surface area contributed by atoms with E-state index in [1.807, 2.05) is 13.8 Å². The molecule has 0 bridgehead atoms. The predicted molar refractivity (Wildman–Crippen MR) is 108 cm³/mol. The third kappa shape index (κ3) is 5.47. The number of ether oxygens (including phenoxy) is 1. The van der Waals surface area contributed by atoms with Gasteiger partial charge in [-0.05, 0) is 38.0 Å². The van der Waals surface area contributed by atoms with Crippen LogP contribution in [0.4, 0.5) is 10.5 Å². The Hall–Kier alpha value is -2.61. The fourth-order valence-electron chi connectivity index (χ4n) is 3.36. The van der Waals surface area contributed by atoms with E-state index in [1.165, 1.54) is 6.92 Å². The lowest BCUT2D eigenvalue weighted by Crippen LogP contribution is -2.47. The Bertz CT molecular complexity index is 792. The number of nitrogens with one attached hydrogen (secondary N) is 2. The van der Waals surface area contributed by atoms with Gasteiger partial charge in [0.1, 0.15) is 12.1 Å². The molecule has 1 aliphatic heterocycles.